The number of nitrogens with one attached hydrogen (secondary N) is 1. The molecule has 0 spiro atoms. The first kappa shape index (κ1) is 12.6. The van der Waals surface area contributed by atoms with Gasteiger partial charge in [0, 0.05) is 11.7 Å². The molecule has 0 amide bonds. The number of hydrogen-bond acceptors (Lipinski definition) is 2. The van der Waals surface area contributed by atoms with Crippen molar-refractivity contribution in [1.82, 2.24) is 5.32 Å². The van der Waals surface area contributed by atoms with Crippen molar-refractivity contribution in [3.63, 3.8) is 0 Å². The van der Waals surface area contributed by atoms with Crippen LogP contribution >= 0.6 is 0 Å². The molecule has 2 nitrogen and oxygen atoms in total. The quantitative estimate of drug-likeness (QED) is 0.749. The van der Waals surface area contributed by atoms with Crippen LogP contribution in [-0.2, 0) is 0 Å². The maximum absolute atomic E-state index is 9.62. The van der Waals surface area contributed by atoms with Gasteiger partial charge < -0.3 is 10.4 Å². The molecule has 0 aromatic heterocycles. The summed E-state index contributed by atoms with van der Waals surface area (Å²) in [5.41, 5.74) is 1.15. The van der Waals surface area contributed by atoms with Gasteiger partial charge in [-0.2, -0.15) is 0 Å². The molecule has 0 radical (unpaired) electrons. The van der Waals surface area contributed by atoms with E-state index in [1.54, 1.807) is 0 Å². The topological polar surface area (TPSA) is 32.3 Å². The zero-order valence-corrected chi connectivity index (χ0v) is 10.3. The predicted octanol–water partition coefficient (Wildman–Crippen LogP) is 2.69. The minimum atomic E-state index is -0.0959. The number of rotatable bonds is 4. The second kappa shape index (κ2) is 5.55. The van der Waals surface area contributed by atoms with Gasteiger partial charge in [0.2, 0.25) is 0 Å². The normalized spacial score (nSPS) is 31.7. The maximum atomic E-state index is 9.62. The van der Waals surface area contributed by atoms with Crippen LogP contribution in [0.2, 0.25) is 0 Å². The molecular weight excluding hydrogens is 186 g/mol. The van der Waals surface area contributed by atoms with Crippen molar-refractivity contribution >= 4 is 0 Å². The van der Waals surface area contributed by atoms with Gasteiger partial charge in [-0.25, -0.2) is 0 Å². The van der Waals surface area contributed by atoms with Crippen LogP contribution in [0, 0.1) is 11.8 Å². The summed E-state index contributed by atoms with van der Waals surface area (Å²) in [5, 5.41) is 13.1. The highest BCUT2D eigenvalue weighted by atomic mass is 16.3. The van der Waals surface area contributed by atoms with E-state index in [9.17, 15) is 5.11 Å². The number of aliphatic hydroxyl groups is 1. The molecule has 1 aliphatic rings. The molecule has 0 bridgehead atoms. The summed E-state index contributed by atoms with van der Waals surface area (Å²) in [6, 6.07) is 0.523. The van der Waals surface area contributed by atoms with Crippen LogP contribution in [0.5, 0.6) is 0 Å². The summed E-state index contributed by atoms with van der Waals surface area (Å²) in [7, 11) is 0. The number of hydrogen-bond donors (Lipinski definition) is 2. The van der Waals surface area contributed by atoms with Crippen LogP contribution < -0.4 is 5.32 Å². The summed E-state index contributed by atoms with van der Waals surface area (Å²) >= 11 is 0. The van der Waals surface area contributed by atoms with E-state index in [-0.39, 0.29) is 6.10 Å². The molecule has 0 heterocycles. The van der Waals surface area contributed by atoms with E-state index in [1.165, 1.54) is 0 Å². The molecule has 1 fully saturated rings. The molecule has 1 saturated carbocycles. The van der Waals surface area contributed by atoms with Crippen molar-refractivity contribution in [2.24, 2.45) is 11.8 Å². The van der Waals surface area contributed by atoms with Crippen LogP contribution in [0.3, 0.4) is 0 Å². The van der Waals surface area contributed by atoms with Gasteiger partial charge >= 0.3 is 0 Å². The van der Waals surface area contributed by atoms with E-state index < -0.39 is 0 Å². The van der Waals surface area contributed by atoms with Gasteiger partial charge in [0.05, 0.1) is 6.10 Å². The van der Waals surface area contributed by atoms with Crippen molar-refractivity contribution in [3.8, 4) is 0 Å². The first-order chi connectivity index (χ1) is 6.99. The molecule has 0 aromatic rings. The van der Waals surface area contributed by atoms with Gasteiger partial charge in [0.1, 0.15) is 0 Å². The summed E-state index contributed by atoms with van der Waals surface area (Å²) in [4.78, 5) is 0. The average molecular weight is 211 g/mol. The third-order valence-corrected chi connectivity index (χ3v) is 3.19. The molecule has 0 aromatic carbocycles. The van der Waals surface area contributed by atoms with E-state index in [2.05, 4.69) is 32.7 Å². The van der Waals surface area contributed by atoms with Crippen molar-refractivity contribution in [2.75, 3.05) is 0 Å². The van der Waals surface area contributed by atoms with E-state index in [0.717, 1.165) is 31.4 Å². The van der Waals surface area contributed by atoms with E-state index >= 15 is 0 Å². The largest absolute Gasteiger partial charge is 0.393 e. The van der Waals surface area contributed by atoms with Crippen molar-refractivity contribution in [1.29, 1.82) is 0 Å². The molecule has 2 N–H and O–H groups in total. The molecule has 0 aliphatic heterocycles. The monoisotopic (exact) mass is 211 g/mol. The van der Waals surface area contributed by atoms with Crippen LogP contribution in [-0.4, -0.2) is 17.3 Å². The summed E-state index contributed by atoms with van der Waals surface area (Å²) in [6.45, 7) is 10.6. The van der Waals surface area contributed by atoms with E-state index in [4.69, 9.17) is 0 Å². The second-order valence-electron chi connectivity index (χ2n) is 5.40. The lowest BCUT2D eigenvalue weighted by molar-refractivity contribution is 0.0674. The Kier molecular flexibility index (Phi) is 4.65. The van der Waals surface area contributed by atoms with Crippen LogP contribution in [0.15, 0.2) is 12.3 Å². The Morgan fingerprint density at radius 1 is 1.47 bits per heavy atom. The van der Waals surface area contributed by atoms with Gasteiger partial charge in [-0.05, 0) is 37.5 Å². The van der Waals surface area contributed by atoms with Crippen molar-refractivity contribution in [2.45, 2.75) is 58.6 Å². The lowest BCUT2D eigenvalue weighted by Crippen LogP contribution is -2.38. The van der Waals surface area contributed by atoms with Crippen molar-refractivity contribution in [3.05, 3.63) is 12.3 Å². The third kappa shape index (κ3) is 4.25. The Morgan fingerprint density at radius 3 is 2.67 bits per heavy atom. The molecule has 2 unspecified atom stereocenters. The Balaban J connectivity index is 2.30. The second-order valence-corrected chi connectivity index (χ2v) is 5.40. The highest BCUT2D eigenvalue weighted by Crippen LogP contribution is 2.25. The number of allylic oxidation sites excluding steroid dienone is 1. The fourth-order valence-corrected chi connectivity index (χ4v) is 2.35. The molecule has 0 saturated heterocycles. The van der Waals surface area contributed by atoms with Gasteiger partial charge in [-0.1, -0.05) is 27.4 Å². The van der Waals surface area contributed by atoms with E-state index in [0.29, 0.717) is 17.9 Å². The minimum absolute atomic E-state index is 0.0959. The van der Waals surface area contributed by atoms with Gasteiger partial charge in [0.15, 0.2) is 0 Å². The summed E-state index contributed by atoms with van der Waals surface area (Å²) in [6.07, 6.45) is 4.02. The van der Waals surface area contributed by atoms with Crippen LogP contribution in [0.4, 0.5) is 0 Å². The maximum Gasteiger partial charge on any atom is 0.0567 e. The fourth-order valence-electron chi connectivity index (χ4n) is 2.35. The Bertz CT molecular complexity index is 213. The fraction of sp³-hybridized carbons (Fsp3) is 0.846. The SMILES string of the molecule is C=C(CC(C)C)NC1CC[C@H](O)C(C)C1. The minimum Gasteiger partial charge on any atom is -0.393 e. The number of aliphatic hydroxyl groups excluding tert-OH is 1. The zero-order chi connectivity index (χ0) is 11.4. The van der Waals surface area contributed by atoms with E-state index in [1.807, 2.05) is 0 Å². The standard InChI is InChI=1S/C13H25NO/c1-9(2)7-11(4)14-12-5-6-13(15)10(3)8-12/h9-10,12-15H,4-8H2,1-3H3/t10?,12?,13-/m0/s1. The average Bonchev–Trinajstić information content (AvgIpc) is 2.10. The highest BCUT2D eigenvalue weighted by molar-refractivity contribution is 4.96. The highest BCUT2D eigenvalue weighted by Gasteiger charge is 2.25. The third-order valence-electron chi connectivity index (χ3n) is 3.19. The van der Waals surface area contributed by atoms with Crippen LogP contribution in [0.1, 0.15) is 46.5 Å². The Hall–Kier alpha value is -0.500. The molecule has 88 valence electrons. The molecule has 1 aliphatic carbocycles. The first-order valence-corrected chi connectivity index (χ1v) is 6.11. The summed E-state index contributed by atoms with van der Waals surface area (Å²) < 4.78 is 0. The Labute approximate surface area is 93.8 Å². The molecule has 15 heavy (non-hydrogen) atoms. The summed E-state index contributed by atoms with van der Waals surface area (Å²) in [5.74, 6) is 1.08. The molecule has 2 heteroatoms. The Morgan fingerprint density at radius 2 is 2.13 bits per heavy atom. The zero-order valence-electron chi connectivity index (χ0n) is 10.3. The first-order valence-electron chi connectivity index (χ1n) is 6.11. The molecule has 1 rings (SSSR count). The predicted molar refractivity (Wildman–Crippen MR) is 64.5 cm³/mol. The van der Waals surface area contributed by atoms with Gasteiger partial charge in [-0.15, -0.1) is 0 Å². The molecular formula is C13H25NO. The van der Waals surface area contributed by atoms with Crippen molar-refractivity contribution < 1.29 is 5.11 Å². The molecule has 3 atom stereocenters. The van der Waals surface area contributed by atoms with Crippen LogP contribution in [0.25, 0.3) is 0 Å². The van der Waals surface area contributed by atoms with Gasteiger partial charge in [0.25, 0.3) is 0 Å². The smallest absolute Gasteiger partial charge is 0.0567 e. The lowest BCUT2D eigenvalue weighted by atomic mass is 9.84. The lowest BCUT2D eigenvalue weighted by Gasteiger charge is -2.32. The van der Waals surface area contributed by atoms with Gasteiger partial charge in [-0.3, -0.25) is 0 Å².